The van der Waals surface area contributed by atoms with Crippen molar-refractivity contribution < 1.29 is 0 Å². The van der Waals surface area contributed by atoms with Crippen LogP contribution in [-0.4, -0.2) is 14.5 Å². The Morgan fingerprint density at radius 1 is 0.630 bits per heavy atom. The van der Waals surface area contributed by atoms with Gasteiger partial charge in [-0.25, -0.2) is 0 Å². The van der Waals surface area contributed by atoms with Gasteiger partial charge in [0.15, 0.2) is 0 Å². The van der Waals surface area contributed by atoms with E-state index in [2.05, 4.69) is 72.5 Å². The van der Waals surface area contributed by atoms with E-state index in [4.69, 9.17) is 0 Å². The van der Waals surface area contributed by atoms with Crippen molar-refractivity contribution >= 4 is 36.0 Å². The topological polar surface area (TPSA) is 0 Å². The minimum absolute atomic E-state index is 0.451. The predicted octanol–water partition coefficient (Wildman–Crippen LogP) is 7.62. The van der Waals surface area contributed by atoms with Crippen LogP contribution in [-0.2, 0) is 6.42 Å². The van der Waals surface area contributed by atoms with Crippen LogP contribution in [0.25, 0.3) is 31.5 Å². The Kier molecular flexibility index (Phi) is 6.12. The Bertz CT molecular complexity index is 954. The summed E-state index contributed by atoms with van der Waals surface area (Å²) in [5.41, 5.74) is 3.03. The number of unbranched alkanes of at least 4 members (excludes halogenated alkanes) is 5. The van der Waals surface area contributed by atoms with Gasteiger partial charge < -0.3 is 0 Å². The summed E-state index contributed by atoms with van der Waals surface area (Å²) in [5.74, 6) is 0. The fourth-order valence-corrected chi connectivity index (χ4v) is 5.93. The summed E-state index contributed by atoms with van der Waals surface area (Å²) < 4.78 is 1.51. The van der Waals surface area contributed by atoms with E-state index in [0.717, 1.165) is 0 Å². The van der Waals surface area contributed by atoms with Crippen LogP contribution in [0.5, 0.6) is 0 Å². The van der Waals surface area contributed by atoms with Crippen molar-refractivity contribution in [2.24, 2.45) is 0 Å². The van der Waals surface area contributed by atoms with E-state index in [1.54, 1.807) is 5.56 Å². The van der Waals surface area contributed by atoms with Crippen molar-refractivity contribution in [1.82, 2.24) is 0 Å². The number of aryl methyl sites for hydroxylation is 1. The summed E-state index contributed by atoms with van der Waals surface area (Å²) >= 11 is 0.451. The molecule has 1 aromatic heterocycles. The molecule has 27 heavy (non-hydrogen) atoms. The van der Waals surface area contributed by atoms with Gasteiger partial charge in [0.2, 0.25) is 0 Å². The molecule has 0 bridgehead atoms. The first-order chi connectivity index (χ1) is 13.4. The molecule has 0 saturated carbocycles. The Balaban J connectivity index is 1.78. The summed E-state index contributed by atoms with van der Waals surface area (Å²) in [4.78, 5) is 2.33. The molecule has 1 heteroatoms. The van der Waals surface area contributed by atoms with Crippen LogP contribution in [0.2, 0.25) is 0 Å². The molecule has 0 fully saturated rings. The van der Waals surface area contributed by atoms with Crippen molar-refractivity contribution in [3.05, 3.63) is 71.2 Å². The fourth-order valence-electron chi connectivity index (χ4n) is 4.26. The first-order valence-corrected chi connectivity index (χ1v) is 12.2. The summed E-state index contributed by atoms with van der Waals surface area (Å²) in [6, 6.07) is 22.7. The molecule has 0 radical (unpaired) electrons. The number of fused-ring (bicyclic) bond motifs is 2. The van der Waals surface area contributed by atoms with Gasteiger partial charge in [0.05, 0.1) is 0 Å². The molecule has 0 nitrogen and oxygen atoms in total. The first-order valence-electron chi connectivity index (χ1n) is 10.4. The molecule has 0 atom stereocenters. The van der Waals surface area contributed by atoms with Crippen molar-refractivity contribution in [2.45, 2.75) is 51.9 Å². The van der Waals surface area contributed by atoms with Crippen LogP contribution in [0.1, 0.15) is 51.0 Å². The molecule has 0 aliphatic rings. The molecule has 1 heterocycles. The Hall–Kier alpha value is -1.82. The second kappa shape index (κ2) is 8.91. The Morgan fingerprint density at radius 3 is 1.81 bits per heavy atom. The zero-order valence-corrected chi connectivity index (χ0v) is 17.9. The van der Waals surface area contributed by atoms with Gasteiger partial charge in [-0.1, -0.05) is 6.92 Å². The monoisotopic (exact) mass is 420 g/mol. The molecule has 0 saturated heterocycles. The van der Waals surface area contributed by atoms with Gasteiger partial charge in [0.25, 0.3) is 0 Å². The van der Waals surface area contributed by atoms with Gasteiger partial charge in [0.1, 0.15) is 0 Å². The third-order valence-electron chi connectivity index (χ3n) is 5.59. The molecule has 0 amide bonds. The maximum absolute atomic E-state index is 2.34. The molecule has 138 valence electrons. The molecule has 3 aromatic carbocycles. The normalized spacial score (nSPS) is 11.4. The molecule has 4 aromatic rings. The molecule has 0 unspecified atom stereocenters. The van der Waals surface area contributed by atoms with Crippen LogP contribution >= 0.6 is 0 Å². The summed E-state index contributed by atoms with van der Waals surface area (Å²) in [6.45, 7) is 2.29. The van der Waals surface area contributed by atoms with Crippen molar-refractivity contribution in [2.75, 3.05) is 0 Å². The second-order valence-corrected chi connectivity index (χ2v) is 9.43. The molecule has 0 spiro atoms. The summed E-state index contributed by atoms with van der Waals surface area (Å²) in [6.07, 6.45) is 9.31. The second-order valence-electron chi connectivity index (χ2n) is 7.44. The quantitative estimate of drug-likeness (QED) is 0.157. The number of benzene rings is 3. The van der Waals surface area contributed by atoms with E-state index in [1.807, 2.05) is 0 Å². The molecular weight excluding hydrogens is 391 g/mol. The van der Waals surface area contributed by atoms with Crippen molar-refractivity contribution in [3.8, 4) is 10.0 Å². The molecule has 0 N–H and O–H groups in total. The SMILES string of the molecule is CCCCCCCCc1c2ccccc2c(-c2ccc[se]2)c2ccccc12. The third-order valence-corrected chi connectivity index (χ3v) is 7.45. The molecule has 0 aliphatic carbocycles. The van der Waals surface area contributed by atoms with E-state index in [0.29, 0.717) is 14.5 Å². The van der Waals surface area contributed by atoms with E-state index >= 15 is 0 Å². The van der Waals surface area contributed by atoms with Crippen molar-refractivity contribution in [1.29, 1.82) is 0 Å². The average Bonchev–Trinajstić information content (AvgIpc) is 3.24. The molecule has 4 rings (SSSR count). The van der Waals surface area contributed by atoms with E-state index in [-0.39, 0.29) is 0 Å². The van der Waals surface area contributed by atoms with Gasteiger partial charge in [-0.2, -0.15) is 0 Å². The van der Waals surface area contributed by atoms with Crippen LogP contribution < -0.4 is 0 Å². The van der Waals surface area contributed by atoms with Crippen LogP contribution in [0.15, 0.2) is 65.6 Å². The van der Waals surface area contributed by atoms with Gasteiger partial charge in [-0.3, -0.25) is 0 Å². The standard InChI is InChI=1S/C26H28Se/c1-2-3-4-5-6-7-13-20-21-14-8-10-16-23(21)26(25-18-12-19-27-25)24-17-11-9-15-22(20)24/h8-12,14-19H,2-7,13H2,1H3. The van der Waals surface area contributed by atoms with Gasteiger partial charge >= 0.3 is 162 Å². The van der Waals surface area contributed by atoms with Crippen LogP contribution in [0.4, 0.5) is 0 Å². The van der Waals surface area contributed by atoms with Crippen molar-refractivity contribution in [3.63, 3.8) is 0 Å². The first kappa shape index (κ1) is 18.5. The third kappa shape index (κ3) is 3.91. The minimum atomic E-state index is 0.451. The summed E-state index contributed by atoms with van der Waals surface area (Å²) in [5, 5.41) is 5.80. The fraction of sp³-hybridized carbons (Fsp3) is 0.308. The number of hydrogen-bond donors (Lipinski definition) is 0. The van der Waals surface area contributed by atoms with Gasteiger partial charge in [-0.05, 0) is 0 Å². The van der Waals surface area contributed by atoms with Crippen LogP contribution in [0, 0.1) is 0 Å². The predicted molar refractivity (Wildman–Crippen MR) is 121 cm³/mol. The zero-order valence-electron chi connectivity index (χ0n) is 16.2. The van der Waals surface area contributed by atoms with Crippen LogP contribution in [0.3, 0.4) is 0 Å². The molecular formula is C26H28Se. The van der Waals surface area contributed by atoms with E-state index in [9.17, 15) is 0 Å². The number of rotatable bonds is 8. The summed E-state index contributed by atoms with van der Waals surface area (Å²) in [7, 11) is 0. The zero-order chi connectivity index (χ0) is 18.5. The van der Waals surface area contributed by atoms with Gasteiger partial charge in [-0.15, -0.1) is 0 Å². The maximum atomic E-state index is 2.34. The van der Waals surface area contributed by atoms with Gasteiger partial charge in [0, 0.05) is 0 Å². The average molecular weight is 419 g/mol. The molecule has 0 aliphatic heterocycles. The van der Waals surface area contributed by atoms with E-state index in [1.165, 1.54) is 76.5 Å². The van der Waals surface area contributed by atoms with E-state index < -0.39 is 0 Å². The Labute approximate surface area is 169 Å². The number of hydrogen-bond acceptors (Lipinski definition) is 0. The Morgan fingerprint density at radius 2 is 1.22 bits per heavy atom.